The minimum atomic E-state index is 0. The van der Waals surface area contributed by atoms with Gasteiger partial charge in [0.2, 0.25) is 0 Å². The molecule has 0 amide bonds. The van der Waals surface area contributed by atoms with Gasteiger partial charge in [0.1, 0.15) is 6.54 Å². The van der Waals surface area contributed by atoms with E-state index in [4.69, 9.17) is 0 Å². The van der Waals surface area contributed by atoms with Crippen molar-refractivity contribution >= 4 is 24.8 Å². The topological polar surface area (TPSA) is 3.88 Å². The Hall–Kier alpha value is 0.0200. The van der Waals surface area contributed by atoms with Crippen LogP contribution in [-0.2, 0) is 6.54 Å². The zero-order valence-electron chi connectivity index (χ0n) is 8.57. The van der Waals surface area contributed by atoms with E-state index in [1.165, 1.54) is 18.4 Å². The minimum absolute atomic E-state index is 0. The molecule has 0 spiro atoms. The lowest BCUT2D eigenvalue weighted by Gasteiger charge is -1.94. The molecule has 14 heavy (non-hydrogen) atoms. The largest absolute Gasteiger partial charge is 1.00 e. The number of pyridine rings is 1. The number of rotatable bonds is 3. The van der Waals surface area contributed by atoms with Gasteiger partial charge >= 0.3 is 0 Å². The second kappa shape index (κ2) is 11.1. The summed E-state index contributed by atoms with van der Waals surface area (Å²) < 4.78 is 2.25. The molecule has 0 aliphatic heterocycles. The van der Waals surface area contributed by atoms with E-state index in [1.807, 2.05) is 0 Å². The zero-order chi connectivity index (χ0) is 8.10. The molecule has 0 saturated carbocycles. The maximum Gasteiger partial charge on any atom is 0.171 e. The van der Waals surface area contributed by atoms with Gasteiger partial charge in [0.05, 0.1) is 0 Å². The van der Waals surface area contributed by atoms with Gasteiger partial charge in [-0.2, -0.15) is 0 Å². The fourth-order valence-electron chi connectivity index (χ4n) is 1.13. The molecule has 0 fully saturated rings. The smallest absolute Gasteiger partial charge is 0.171 e. The first kappa shape index (κ1) is 19.6. The van der Waals surface area contributed by atoms with Crippen molar-refractivity contribution in [1.29, 1.82) is 0 Å². The average Bonchev–Trinajstić information content (AvgIpc) is 2.01. The third-order valence-electron chi connectivity index (χ3n) is 1.78. The summed E-state index contributed by atoms with van der Waals surface area (Å²) in [5, 5.41) is 0. The van der Waals surface area contributed by atoms with Crippen LogP contribution in [0, 0.1) is 6.92 Å². The maximum absolute atomic E-state index is 2.25. The second-order valence-corrected chi connectivity index (χ2v) is 2.97. The fraction of sp³-hybridized carbons (Fsp3) is 0.500. The predicted octanol–water partition coefficient (Wildman–Crippen LogP) is -0.0698. The van der Waals surface area contributed by atoms with Gasteiger partial charge in [0, 0.05) is 18.1 Å². The molecule has 4 heteroatoms. The molecule has 0 atom stereocenters. The number of hydrogen-bond acceptors (Lipinski definition) is 0. The Morgan fingerprint density at radius 3 is 2.43 bits per heavy atom. The van der Waals surface area contributed by atoms with E-state index in [0.717, 1.165) is 6.54 Å². The van der Waals surface area contributed by atoms with Crippen LogP contribution in [0.1, 0.15) is 25.3 Å². The van der Waals surface area contributed by atoms with Crippen molar-refractivity contribution < 1.29 is 17.0 Å². The quantitative estimate of drug-likeness (QED) is 0.669. The van der Waals surface area contributed by atoms with Gasteiger partial charge in [-0.25, -0.2) is 4.57 Å². The summed E-state index contributed by atoms with van der Waals surface area (Å²) in [5.74, 6) is 0. The van der Waals surface area contributed by atoms with Crippen molar-refractivity contribution in [3.05, 3.63) is 30.1 Å². The van der Waals surface area contributed by atoms with Crippen molar-refractivity contribution in [2.24, 2.45) is 0 Å². The molecule has 1 heterocycles. The summed E-state index contributed by atoms with van der Waals surface area (Å²) in [6.07, 6.45) is 6.85. The fourth-order valence-corrected chi connectivity index (χ4v) is 1.13. The Morgan fingerprint density at radius 1 is 1.29 bits per heavy atom. The Bertz CT molecular complexity index is 228. The van der Waals surface area contributed by atoms with Crippen molar-refractivity contribution in [3.8, 4) is 0 Å². The SMILES string of the molecule is CCCC[n+]1cccc(C)c1.Cl.Cl.[Cl-]. The summed E-state index contributed by atoms with van der Waals surface area (Å²) in [7, 11) is 0. The monoisotopic (exact) mass is 257 g/mol. The molecule has 0 unspecified atom stereocenters. The second-order valence-electron chi connectivity index (χ2n) is 2.97. The van der Waals surface area contributed by atoms with E-state index >= 15 is 0 Å². The van der Waals surface area contributed by atoms with Crippen LogP contribution in [0.15, 0.2) is 24.5 Å². The highest BCUT2D eigenvalue weighted by Gasteiger charge is 1.97. The molecule has 0 aliphatic rings. The third kappa shape index (κ3) is 7.43. The van der Waals surface area contributed by atoms with Crippen molar-refractivity contribution in [3.63, 3.8) is 0 Å². The van der Waals surface area contributed by atoms with Gasteiger partial charge in [0.25, 0.3) is 0 Å². The van der Waals surface area contributed by atoms with E-state index in [1.54, 1.807) is 0 Å². The van der Waals surface area contributed by atoms with Crippen LogP contribution in [0.3, 0.4) is 0 Å². The highest BCUT2D eigenvalue weighted by atomic mass is 35.5. The maximum atomic E-state index is 2.25. The highest BCUT2D eigenvalue weighted by Crippen LogP contribution is 1.91. The van der Waals surface area contributed by atoms with Gasteiger partial charge in [-0.05, 0) is 13.0 Å². The summed E-state index contributed by atoms with van der Waals surface area (Å²) >= 11 is 0. The lowest BCUT2D eigenvalue weighted by Crippen LogP contribution is -3.00. The summed E-state index contributed by atoms with van der Waals surface area (Å²) in [5.41, 5.74) is 1.34. The Morgan fingerprint density at radius 2 is 1.93 bits per heavy atom. The Kier molecular flexibility index (Phi) is 15.5. The number of aromatic nitrogens is 1. The highest BCUT2D eigenvalue weighted by molar-refractivity contribution is 5.85. The lowest BCUT2D eigenvalue weighted by atomic mass is 10.3. The predicted molar refractivity (Wildman–Crippen MR) is 60.8 cm³/mol. The Labute approximate surface area is 105 Å². The third-order valence-corrected chi connectivity index (χ3v) is 1.78. The molecule has 0 N–H and O–H groups in total. The van der Waals surface area contributed by atoms with Crippen LogP contribution in [0.25, 0.3) is 0 Å². The van der Waals surface area contributed by atoms with Gasteiger partial charge in [-0.1, -0.05) is 13.3 Å². The van der Waals surface area contributed by atoms with Gasteiger partial charge in [-0.15, -0.1) is 24.8 Å². The molecule has 0 saturated heterocycles. The van der Waals surface area contributed by atoms with Crippen LogP contribution in [0.5, 0.6) is 0 Å². The van der Waals surface area contributed by atoms with Crippen LogP contribution >= 0.6 is 24.8 Å². The molecule has 0 radical (unpaired) electrons. The first-order valence-corrected chi connectivity index (χ1v) is 4.28. The van der Waals surface area contributed by atoms with Crippen LogP contribution < -0.4 is 17.0 Å². The first-order chi connectivity index (χ1) is 5.33. The van der Waals surface area contributed by atoms with Crippen LogP contribution in [0.4, 0.5) is 0 Å². The average molecular weight is 259 g/mol. The normalized spacial score (nSPS) is 7.86. The van der Waals surface area contributed by atoms with E-state index in [0.29, 0.717) is 0 Å². The van der Waals surface area contributed by atoms with Crippen molar-refractivity contribution in [1.82, 2.24) is 0 Å². The summed E-state index contributed by atoms with van der Waals surface area (Å²) in [6, 6.07) is 4.23. The van der Waals surface area contributed by atoms with Crippen LogP contribution in [-0.4, -0.2) is 0 Å². The summed E-state index contributed by atoms with van der Waals surface area (Å²) in [6.45, 7) is 5.50. The van der Waals surface area contributed by atoms with Crippen molar-refractivity contribution in [2.75, 3.05) is 0 Å². The minimum Gasteiger partial charge on any atom is -1.00 e. The molecule has 0 aromatic carbocycles. The van der Waals surface area contributed by atoms with Crippen molar-refractivity contribution in [2.45, 2.75) is 33.2 Å². The van der Waals surface area contributed by atoms with E-state index in [-0.39, 0.29) is 37.2 Å². The Balaban J connectivity index is -0.000000403. The van der Waals surface area contributed by atoms with Gasteiger partial charge in [-0.3, -0.25) is 0 Å². The number of aryl methyl sites for hydroxylation is 2. The first-order valence-electron chi connectivity index (χ1n) is 4.28. The van der Waals surface area contributed by atoms with E-state index in [9.17, 15) is 0 Å². The van der Waals surface area contributed by atoms with Gasteiger partial charge in [0.15, 0.2) is 12.4 Å². The molecule has 1 rings (SSSR count). The molecule has 1 nitrogen and oxygen atoms in total. The molecular formula is C10H18Cl3N. The van der Waals surface area contributed by atoms with E-state index < -0.39 is 0 Å². The molecule has 1 aromatic heterocycles. The van der Waals surface area contributed by atoms with E-state index in [2.05, 4.69) is 42.9 Å². The standard InChI is InChI=1S/C10H16N.3ClH/c1-3-4-7-11-8-5-6-10(2)9-11;;;/h5-6,8-9H,3-4,7H2,1-2H3;3*1H/q+1;;;/p-1. The molecule has 0 bridgehead atoms. The number of unbranched alkanes of at least 4 members (excludes halogenated alkanes) is 1. The summed E-state index contributed by atoms with van der Waals surface area (Å²) in [4.78, 5) is 0. The van der Waals surface area contributed by atoms with Crippen LogP contribution in [0.2, 0.25) is 0 Å². The molecule has 84 valence electrons. The number of halogens is 3. The molecule has 0 aliphatic carbocycles. The van der Waals surface area contributed by atoms with Gasteiger partial charge < -0.3 is 12.4 Å². The molecule has 1 aromatic rings. The zero-order valence-corrected chi connectivity index (χ0v) is 11.0. The molecular weight excluding hydrogens is 240 g/mol. The number of hydrogen-bond donors (Lipinski definition) is 0. The lowest BCUT2D eigenvalue weighted by molar-refractivity contribution is -0.697. The number of nitrogens with zero attached hydrogens (tertiary/aromatic N) is 1.